The zero-order valence-electron chi connectivity index (χ0n) is 11.9. The molecule has 1 fully saturated rings. The molecule has 5 nitrogen and oxygen atoms in total. The van der Waals surface area contributed by atoms with Gasteiger partial charge in [0.2, 0.25) is 11.7 Å². The molecular formula is C16H15N3O2. The molecule has 3 atom stereocenters. The van der Waals surface area contributed by atoms with Crippen LogP contribution in [0.4, 0.5) is 0 Å². The highest BCUT2D eigenvalue weighted by Crippen LogP contribution is 2.63. The van der Waals surface area contributed by atoms with Crippen molar-refractivity contribution in [2.24, 2.45) is 11.3 Å². The van der Waals surface area contributed by atoms with Gasteiger partial charge in [-0.05, 0) is 17.0 Å². The minimum atomic E-state index is -0.192. The first-order chi connectivity index (χ1) is 10.1. The molecule has 0 saturated heterocycles. The van der Waals surface area contributed by atoms with E-state index in [2.05, 4.69) is 30.1 Å². The largest absolute Gasteiger partial charge is 0.482 e. The Labute approximate surface area is 122 Å². The van der Waals surface area contributed by atoms with Crippen molar-refractivity contribution in [3.63, 3.8) is 0 Å². The monoisotopic (exact) mass is 281 g/mol. The van der Waals surface area contributed by atoms with Gasteiger partial charge in [0.1, 0.15) is 5.75 Å². The molecule has 3 unspecified atom stereocenters. The topological polar surface area (TPSA) is 71.9 Å². The van der Waals surface area contributed by atoms with E-state index in [-0.39, 0.29) is 23.4 Å². The zero-order chi connectivity index (χ0) is 14.6. The van der Waals surface area contributed by atoms with Crippen molar-refractivity contribution in [2.45, 2.75) is 32.3 Å². The highest BCUT2D eigenvalue weighted by Gasteiger charge is 2.62. The number of aromatic nitrogens is 2. The van der Waals surface area contributed by atoms with E-state index in [4.69, 9.17) is 14.5 Å². The van der Waals surface area contributed by atoms with Crippen LogP contribution < -0.4 is 4.74 Å². The number of nitriles is 1. The highest BCUT2D eigenvalue weighted by molar-refractivity contribution is 5.38. The van der Waals surface area contributed by atoms with E-state index >= 15 is 0 Å². The number of nitrogens with zero attached hydrogens (tertiary/aromatic N) is 3. The summed E-state index contributed by atoms with van der Waals surface area (Å²) < 4.78 is 11.2. The summed E-state index contributed by atoms with van der Waals surface area (Å²) in [5.74, 6) is 2.00. The normalized spacial score (nSPS) is 28.5. The van der Waals surface area contributed by atoms with Gasteiger partial charge >= 0.3 is 0 Å². The van der Waals surface area contributed by atoms with Crippen LogP contribution in [-0.2, 0) is 6.42 Å². The summed E-state index contributed by atoms with van der Waals surface area (Å²) in [6, 6.07) is 10.3. The average Bonchev–Trinajstić information content (AvgIpc) is 2.90. The van der Waals surface area contributed by atoms with E-state index in [1.165, 1.54) is 0 Å². The molecule has 0 amide bonds. The van der Waals surface area contributed by atoms with Crippen molar-refractivity contribution < 1.29 is 9.26 Å². The molecule has 2 heterocycles. The standard InChI is InChI=1S/C16H15N3O2/c1-16(2)10(8-17)13(16)15-18-14(19-21-15)12-7-9-5-3-4-6-11(9)20-12/h3-6,10,12-13H,7H2,1-2H3. The Morgan fingerprint density at radius 2 is 2.14 bits per heavy atom. The lowest BCUT2D eigenvalue weighted by atomic mass is 10.1. The van der Waals surface area contributed by atoms with Crippen LogP contribution in [-0.4, -0.2) is 10.1 Å². The molecule has 106 valence electrons. The van der Waals surface area contributed by atoms with Crippen LogP contribution in [0.2, 0.25) is 0 Å². The molecule has 0 N–H and O–H groups in total. The van der Waals surface area contributed by atoms with Gasteiger partial charge < -0.3 is 9.26 Å². The van der Waals surface area contributed by atoms with Gasteiger partial charge in [0.25, 0.3) is 0 Å². The summed E-state index contributed by atoms with van der Waals surface area (Å²) in [6.07, 6.45) is 0.563. The predicted octanol–water partition coefficient (Wildman–Crippen LogP) is 3.01. The van der Waals surface area contributed by atoms with Gasteiger partial charge in [0.05, 0.1) is 17.9 Å². The van der Waals surface area contributed by atoms with Crippen molar-refractivity contribution in [1.29, 1.82) is 5.26 Å². The van der Waals surface area contributed by atoms with E-state index in [0.717, 1.165) is 17.7 Å². The Hall–Kier alpha value is -2.35. The lowest BCUT2D eigenvalue weighted by molar-refractivity contribution is 0.221. The van der Waals surface area contributed by atoms with Gasteiger partial charge in [-0.15, -0.1) is 0 Å². The van der Waals surface area contributed by atoms with Crippen LogP contribution in [0.15, 0.2) is 28.8 Å². The summed E-state index contributed by atoms with van der Waals surface area (Å²) in [5.41, 5.74) is 1.08. The molecule has 1 aromatic heterocycles. The lowest BCUT2D eigenvalue weighted by Crippen LogP contribution is -2.05. The molecule has 1 aliphatic heterocycles. The third kappa shape index (κ3) is 1.75. The number of ether oxygens (including phenoxy) is 1. The van der Waals surface area contributed by atoms with Gasteiger partial charge in [-0.2, -0.15) is 10.2 Å². The number of benzene rings is 1. The number of hydrogen-bond donors (Lipinski definition) is 0. The van der Waals surface area contributed by atoms with Crippen LogP contribution >= 0.6 is 0 Å². The molecule has 0 bridgehead atoms. The number of rotatable bonds is 2. The Bertz CT molecular complexity index is 719. The molecule has 1 aromatic carbocycles. The van der Waals surface area contributed by atoms with Crippen molar-refractivity contribution in [3.05, 3.63) is 41.5 Å². The van der Waals surface area contributed by atoms with Crippen molar-refractivity contribution in [3.8, 4) is 11.8 Å². The Kier molecular flexibility index (Phi) is 2.41. The first-order valence-electron chi connectivity index (χ1n) is 7.09. The number of para-hydroxylation sites is 1. The molecule has 4 rings (SSSR count). The summed E-state index contributed by atoms with van der Waals surface area (Å²) in [4.78, 5) is 4.48. The summed E-state index contributed by atoms with van der Waals surface area (Å²) in [7, 11) is 0. The van der Waals surface area contributed by atoms with Gasteiger partial charge in [-0.3, -0.25) is 0 Å². The summed E-state index contributed by atoms with van der Waals surface area (Å²) >= 11 is 0. The molecule has 2 aliphatic rings. The van der Waals surface area contributed by atoms with E-state index in [1.807, 2.05) is 24.3 Å². The second kappa shape index (κ2) is 4.08. The maximum atomic E-state index is 9.15. The molecule has 1 aliphatic carbocycles. The fourth-order valence-corrected chi connectivity index (χ4v) is 3.17. The Balaban J connectivity index is 1.56. The van der Waals surface area contributed by atoms with Crippen LogP contribution in [0.1, 0.15) is 43.1 Å². The molecule has 1 saturated carbocycles. The van der Waals surface area contributed by atoms with Gasteiger partial charge in [-0.1, -0.05) is 37.2 Å². The van der Waals surface area contributed by atoms with Crippen LogP contribution in [0, 0.1) is 22.7 Å². The fourth-order valence-electron chi connectivity index (χ4n) is 3.17. The number of hydrogen-bond acceptors (Lipinski definition) is 5. The lowest BCUT2D eigenvalue weighted by Gasteiger charge is -2.04. The number of fused-ring (bicyclic) bond motifs is 1. The maximum absolute atomic E-state index is 9.15. The van der Waals surface area contributed by atoms with Crippen LogP contribution in [0.3, 0.4) is 0 Å². The van der Waals surface area contributed by atoms with E-state index in [1.54, 1.807) is 0 Å². The van der Waals surface area contributed by atoms with Crippen LogP contribution in [0.25, 0.3) is 0 Å². The first-order valence-corrected chi connectivity index (χ1v) is 7.09. The van der Waals surface area contributed by atoms with Gasteiger partial charge in [0, 0.05) is 6.42 Å². The smallest absolute Gasteiger partial charge is 0.231 e. The zero-order valence-corrected chi connectivity index (χ0v) is 11.9. The molecule has 5 heteroatoms. The molecule has 21 heavy (non-hydrogen) atoms. The van der Waals surface area contributed by atoms with E-state index in [9.17, 15) is 0 Å². The minimum Gasteiger partial charge on any atom is -0.482 e. The quantitative estimate of drug-likeness (QED) is 0.846. The summed E-state index contributed by atoms with van der Waals surface area (Å²) in [5, 5.41) is 13.2. The van der Waals surface area contributed by atoms with Crippen molar-refractivity contribution in [1.82, 2.24) is 10.1 Å². The van der Waals surface area contributed by atoms with E-state index < -0.39 is 0 Å². The summed E-state index contributed by atoms with van der Waals surface area (Å²) in [6.45, 7) is 4.11. The average molecular weight is 281 g/mol. The molecule has 0 spiro atoms. The fraction of sp³-hybridized carbons (Fsp3) is 0.438. The highest BCUT2D eigenvalue weighted by atomic mass is 16.5. The SMILES string of the molecule is CC1(C)C(C#N)C1c1nc(C2Cc3ccccc3O2)no1. The Morgan fingerprint density at radius 1 is 1.33 bits per heavy atom. The predicted molar refractivity (Wildman–Crippen MR) is 73.4 cm³/mol. The van der Waals surface area contributed by atoms with Crippen molar-refractivity contribution in [2.75, 3.05) is 0 Å². The third-order valence-electron chi connectivity index (χ3n) is 4.63. The van der Waals surface area contributed by atoms with Gasteiger partial charge in [0.15, 0.2) is 6.10 Å². The second-order valence-corrected chi connectivity index (χ2v) is 6.31. The first kappa shape index (κ1) is 12.4. The van der Waals surface area contributed by atoms with Gasteiger partial charge in [-0.25, -0.2) is 0 Å². The third-order valence-corrected chi connectivity index (χ3v) is 4.63. The second-order valence-electron chi connectivity index (χ2n) is 6.31. The Morgan fingerprint density at radius 3 is 2.86 bits per heavy atom. The van der Waals surface area contributed by atoms with Crippen molar-refractivity contribution >= 4 is 0 Å². The van der Waals surface area contributed by atoms with Crippen LogP contribution in [0.5, 0.6) is 5.75 Å². The minimum absolute atomic E-state index is 0.0347. The van der Waals surface area contributed by atoms with E-state index in [0.29, 0.717) is 11.7 Å². The molecular weight excluding hydrogens is 266 g/mol. The molecule has 2 aromatic rings. The maximum Gasteiger partial charge on any atom is 0.231 e. The molecule has 0 radical (unpaired) electrons.